The third kappa shape index (κ3) is 6.02. The second kappa shape index (κ2) is 9.09. The summed E-state index contributed by atoms with van der Waals surface area (Å²) in [6, 6.07) is 3.08. The Morgan fingerprint density at radius 2 is 2.15 bits per heavy atom. The summed E-state index contributed by atoms with van der Waals surface area (Å²) in [5.74, 6) is 0.582. The van der Waals surface area contributed by atoms with Gasteiger partial charge in [0.1, 0.15) is 5.76 Å². The van der Waals surface area contributed by atoms with Crippen molar-refractivity contribution in [2.75, 3.05) is 32.9 Å². The van der Waals surface area contributed by atoms with Gasteiger partial charge in [0.25, 0.3) is 10.0 Å². The molecule has 7 nitrogen and oxygen atoms in total. The topological polar surface area (TPSA) is 101 Å². The maximum atomic E-state index is 11.9. The second-order valence-corrected chi connectivity index (χ2v) is 5.79. The summed E-state index contributed by atoms with van der Waals surface area (Å²) in [5.41, 5.74) is 0. The quantitative estimate of drug-likeness (QED) is 0.500. The molecule has 0 radical (unpaired) electrons. The van der Waals surface area contributed by atoms with Crippen LogP contribution in [0.15, 0.2) is 21.6 Å². The van der Waals surface area contributed by atoms with E-state index in [-0.39, 0.29) is 24.9 Å². The molecule has 0 aliphatic carbocycles. The van der Waals surface area contributed by atoms with Gasteiger partial charge in [-0.25, -0.2) is 13.1 Å². The number of ether oxygens (including phenoxy) is 1. The Morgan fingerprint density at radius 3 is 2.85 bits per heavy atom. The first-order valence-electron chi connectivity index (χ1n) is 6.58. The largest absolute Gasteiger partial charge is 0.447 e. The van der Waals surface area contributed by atoms with Crippen LogP contribution in [0, 0.1) is 0 Å². The number of rotatable bonds is 11. The molecule has 0 aliphatic heterocycles. The van der Waals surface area contributed by atoms with Crippen molar-refractivity contribution in [3.05, 3.63) is 17.9 Å². The highest BCUT2D eigenvalue weighted by molar-refractivity contribution is 7.89. The first kappa shape index (κ1) is 17.1. The van der Waals surface area contributed by atoms with Crippen LogP contribution < -0.4 is 10.0 Å². The minimum Gasteiger partial charge on any atom is -0.447 e. The van der Waals surface area contributed by atoms with E-state index in [4.69, 9.17) is 14.3 Å². The van der Waals surface area contributed by atoms with Gasteiger partial charge in [-0.1, -0.05) is 6.92 Å². The molecule has 0 aliphatic rings. The molecule has 1 aromatic heterocycles. The Morgan fingerprint density at radius 1 is 1.35 bits per heavy atom. The van der Waals surface area contributed by atoms with Gasteiger partial charge in [-0.3, -0.25) is 0 Å². The molecular weight excluding hydrogens is 284 g/mol. The smallest absolute Gasteiger partial charge is 0.273 e. The lowest BCUT2D eigenvalue weighted by Gasteiger charge is -2.05. The summed E-state index contributed by atoms with van der Waals surface area (Å²) in [6.07, 6.45) is 0.532. The predicted molar refractivity (Wildman–Crippen MR) is 73.8 cm³/mol. The summed E-state index contributed by atoms with van der Waals surface area (Å²) >= 11 is 0. The van der Waals surface area contributed by atoms with E-state index in [0.717, 1.165) is 6.54 Å². The number of hydrogen-bond acceptors (Lipinski definition) is 6. The molecular formula is C12H22N2O5S. The van der Waals surface area contributed by atoms with Gasteiger partial charge in [0.2, 0.25) is 5.09 Å². The average Bonchev–Trinajstić information content (AvgIpc) is 2.90. The van der Waals surface area contributed by atoms with Gasteiger partial charge in [-0.05, 0) is 25.1 Å². The molecule has 0 saturated carbocycles. The molecule has 8 heteroatoms. The van der Waals surface area contributed by atoms with Crippen molar-refractivity contribution in [3.63, 3.8) is 0 Å². The van der Waals surface area contributed by atoms with Crippen LogP contribution in [0.4, 0.5) is 0 Å². The van der Waals surface area contributed by atoms with Crippen LogP contribution in [0.5, 0.6) is 0 Å². The molecule has 0 aromatic carbocycles. The first-order chi connectivity index (χ1) is 9.60. The zero-order valence-corrected chi connectivity index (χ0v) is 12.4. The van der Waals surface area contributed by atoms with E-state index < -0.39 is 10.0 Å². The number of sulfonamides is 1. The van der Waals surface area contributed by atoms with E-state index in [1.165, 1.54) is 6.07 Å². The zero-order chi connectivity index (χ0) is 14.8. The van der Waals surface area contributed by atoms with E-state index in [2.05, 4.69) is 10.0 Å². The zero-order valence-electron chi connectivity index (χ0n) is 11.6. The molecule has 0 saturated heterocycles. The molecule has 0 fully saturated rings. The predicted octanol–water partition coefficient (Wildman–Crippen LogP) is 0.0664. The Kier molecular flexibility index (Phi) is 7.78. The van der Waals surface area contributed by atoms with Crippen molar-refractivity contribution in [2.24, 2.45) is 0 Å². The summed E-state index contributed by atoms with van der Waals surface area (Å²) in [7, 11) is -3.61. The van der Waals surface area contributed by atoms with E-state index in [1.54, 1.807) is 6.07 Å². The molecule has 1 aromatic rings. The fraction of sp³-hybridized carbons (Fsp3) is 0.667. The molecule has 0 unspecified atom stereocenters. The molecule has 3 N–H and O–H groups in total. The summed E-state index contributed by atoms with van der Waals surface area (Å²) in [5, 5.41) is 11.5. The SMILES string of the molecule is CCNCc1ccc(S(=O)(=O)NCCCOCCO)o1. The van der Waals surface area contributed by atoms with Gasteiger partial charge in [0.05, 0.1) is 19.8 Å². The van der Waals surface area contributed by atoms with Crippen molar-refractivity contribution < 1.29 is 22.7 Å². The third-order valence-electron chi connectivity index (χ3n) is 2.44. The number of aliphatic hydroxyl groups is 1. The molecule has 1 rings (SSSR count). The van der Waals surface area contributed by atoms with Gasteiger partial charge in [-0.2, -0.15) is 0 Å². The van der Waals surface area contributed by atoms with Crippen LogP contribution in [0.1, 0.15) is 19.1 Å². The van der Waals surface area contributed by atoms with Gasteiger partial charge in [-0.15, -0.1) is 0 Å². The minimum absolute atomic E-state index is 0.0350. The fourth-order valence-electron chi connectivity index (χ4n) is 1.46. The van der Waals surface area contributed by atoms with Crippen LogP contribution in [0.25, 0.3) is 0 Å². The maximum Gasteiger partial charge on any atom is 0.273 e. The normalized spacial score (nSPS) is 11.9. The maximum absolute atomic E-state index is 11.9. The van der Waals surface area contributed by atoms with Gasteiger partial charge in [0, 0.05) is 13.2 Å². The highest BCUT2D eigenvalue weighted by Crippen LogP contribution is 2.13. The number of nitrogens with one attached hydrogen (secondary N) is 2. The van der Waals surface area contributed by atoms with Gasteiger partial charge in [0.15, 0.2) is 0 Å². The van der Waals surface area contributed by atoms with Crippen molar-refractivity contribution in [2.45, 2.75) is 25.0 Å². The van der Waals surface area contributed by atoms with E-state index in [0.29, 0.717) is 25.3 Å². The van der Waals surface area contributed by atoms with Crippen molar-refractivity contribution in [3.8, 4) is 0 Å². The standard InChI is InChI=1S/C12H22N2O5S/c1-2-13-10-11-4-5-12(19-11)20(16,17)14-6-3-8-18-9-7-15/h4-5,13-15H,2-3,6-10H2,1H3. The van der Waals surface area contributed by atoms with E-state index in [9.17, 15) is 8.42 Å². The van der Waals surface area contributed by atoms with Crippen LogP contribution in [0.2, 0.25) is 0 Å². The molecule has 0 amide bonds. The van der Waals surface area contributed by atoms with Crippen LogP contribution >= 0.6 is 0 Å². The summed E-state index contributed by atoms with van der Waals surface area (Å²) in [6.45, 7) is 4.13. The number of furan rings is 1. The summed E-state index contributed by atoms with van der Waals surface area (Å²) < 4.78 is 36.5. The lowest BCUT2D eigenvalue weighted by atomic mass is 10.4. The van der Waals surface area contributed by atoms with Crippen LogP contribution in [-0.2, 0) is 21.3 Å². The lowest BCUT2D eigenvalue weighted by molar-refractivity contribution is 0.0913. The minimum atomic E-state index is -3.61. The van der Waals surface area contributed by atoms with Crippen molar-refractivity contribution in [1.82, 2.24) is 10.0 Å². The van der Waals surface area contributed by atoms with Gasteiger partial charge >= 0.3 is 0 Å². The molecule has 1 heterocycles. The average molecular weight is 306 g/mol. The molecule has 116 valence electrons. The van der Waals surface area contributed by atoms with Gasteiger partial charge < -0.3 is 19.6 Å². The monoisotopic (exact) mass is 306 g/mol. The number of hydrogen-bond donors (Lipinski definition) is 3. The molecule has 0 bridgehead atoms. The fourth-order valence-corrected chi connectivity index (χ4v) is 2.48. The Bertz CT molecular complexity index is 472. The van der Waals surface area contributed by atoms with Crippen molar-refractivity contribution >= 4 is 10.0 Å². The Hall–Kier alpha value is -0.930. The Labute approximate surface area is 119 Å². The molecule has 20 heavy (non-hydrogen) atoms. The molecule has 0 atom stereocenters. The van der Waals surface area contributed by atoms with Crippen LogP contribution in [0.3, 0.4) is 0 Å². The van der Waals surface area contributed by atoms with E-state index >= 15 is 0 Å². The van der Waals surface area contributed by atoms with Crippen molar-refractivity contribution in [1.29, 1.82) is 0 Å². The third-order valence-corrected chi connectivity index (χ3v) is 3.78. The van der Waals surface area contributed by atoms with E-state index in [1.807, 2.05) is 6.92 Å². The summed E-state index contributed by atoms with van der Waals surface area (Å²) in [4.78, 5) is 0. The highest BCUT2D eigenvalue weighted by Gasteiger charge is 2.17. The molecule has 0 spiro atoms. The first-order valence-corrected chi connectivity index (χ1v) is 8.06. The Balaban J connectivity index is 2.38. The second-order valence-electron chi connectivity index (χ2n) is 4.09. The highest BCUT2D eigenvalue weighted by atomic mass is 32.2. The lowest BCUT2D eigenvalue weighted by Crippen LogP contribution is -2.25. The van der Waals surface area contributed by atoms with Crippen LogP contribution in [-0.4, -0.2) is 46.4 Å². The number of aliphatic hydroxyl groups excluding tert-OH is 1.